The molecule has 0 spiro atoms. The van der Waals surface area contributed by atoms with E-state index in [1.807, 2.05) is 31.2 Å². The van der Waals surface area contributed by atoms with Crippen LogP contribution in [0, 0.1) is 0 Å². The molecule has 1 aromatic heterocycles. The van der Waals surface area contributed by atoms with E-state index < -0.39 is 5.97 Å². The van der Waals surface area contributed by atoms with Gasteiger partial charge in [0.15, 0.2) is 0 Å². The molecule has 2 aromatic rings. The van der Waals surface area contributed by atoms with Gasteiger partial charge in [-0.05, 0) is 24.6 Å². The summed E-state index contributed by atoms with van der Waals surface area (Å²) < 4.78 is 2.61. The summed E-state index contributed by atoms with van der Waals surface area (Å²) >= 11 is 3.44. The van der Waals surface area contributed by atoms with Crippen molar-refractivity contribution in [3.63, 3.8) is 0 Å². The second-order valence-corrected chi connectivity index (χ2v) is 5.51. The van der Waals surface area contributed by atoms with Gasteiger partial charge < -0.3 is 10.4 Å². The Morgan fingerprint density at radius 3 is 2.95 bits per heavy atom. The molecule has 0 fully saturated rings. The highest BCUT2D eigenvalue weighted by Crippen LogP contribution is 2.18. The van der Waals surface area contributed by atoms with Crippen molar-refractivity contribution in [2.75, 3.05) is 0 Å². The van der Waals surface area contributed by atoms with Gasteiger partial charge in [-0.2, -0.15) is 5.10 Å². The number of aromatic nitrogens is 2. The zero-order chi connectivity index (χ0) is 14.7. The number of nitrogens with zero attached hydrogens (tertiary/aromatic N) is 2. The van der Waals surface area contributed by atoms with E-state index in [2.05, 4.69) is 26.3 Å². The van der Waals surface area contributed by atoms with Crippen LogP contribution in [0.15, 0.2) is 34.9 Å². The lowest BCUT2D eigenvalue weighted by molar-refractivity contribution is 0.0695. The molecular formula is C14H16BrN3O2. The number of hydrogen-bond donors (Lipinski definition) is 2. The van der Waals surface area contributed by atoms with Gasteiger partial charge >= 0.3 is 5.97 Å². The van der Waals surface area contributed by atoms with E-state index >= 15 is 0 Å². The number of rotatable bonds is 5. The van der Waals surface area contributed by atoms with Crippen LogP contribution in [0.2, 0.25) is 0 Å². The topological polar surface area (TPSA) is 67.2 Å². The molecule has 1 heterocycles. The smallest absolute Gasteiger partial charge is 0.339 e. The lowest BCUT2D eigenvalue weighted by atomic mass is 10.1. The molecule has 0 saturated carbocycles. The van der Waals surface area contributed by atoms with Gasteiger partial charge in [-0.25, -0.2) is 4.79 Å². The van der Waals surface area contributed by atoms with E-state index in [0.717, 1.165) is 10.0 Å². The summed E-state index contributed by atoms with van der Waals surface area (Å²) in [6.07, 6.45) is 1.38. The minimum absolute atomic E-state index is 0.115. The highest BCUT2D eigenvalue weighted by atomic mass is 79.9. The first-order valence-electron chi connectivity index (χ1n) is 6.22. The number of carboxylic acids is 1. The molecule has 1 unspecified atom stereocenters. The molecule has 0 amide bonds. The zero-order valence-electron chi connectivity index (χ0n) is 11.3. The van der Waals surface area contributed by atoms with Gasteiger partial charge in [0.1, 0.15) is 5.56 Å². The molecule has 0 saturated heterocycles. The van der Waals surface area contributed by atoms with Crippen molar-refractivity contribution in [2.24, 2.45) is 7.05 Å². The first-order valence-corrected chi connectivity index (χ1v) is 7.01. The van der Waals surface area contributed by atoms with Crippen LogP contribution in [0.5, 0.6) is 0 Å². The van der Waals surface area contributed by atoms with E-state index in [9.17, 15) is 4.79 Å². The Bertz CT molecular complexity index is 625. The average Bonchev–Trinajstić information content (AvgIpc) is 2.77. The Labute approximate surface area is 125 Å². The Kier molecular flexibility index (Phi) is 4.57. The summed E-state index contributed by atoms with van der Waals surface area (Å²) in [6.45, 7) is 2.49. The van der Waals surface area contributed by atoms with Gasteiger partial charge in [0.25, 0.3) is 0 Å². The van der Waals surface area contributed by atoms with Crippen molar-refractivity contribution in [3.8, 4) is 0 Å². The van der Waals surface area contributed by atoms with Crippen LogP contribution in [0.4, 0.5) is 0 Å². The minimum Gasteiger partial charge on any atom is -0.478 e. The number of benzene rings is 1. The van der Waals surface area contributed by atoms with Gasteiger partial charge in [-0.3, -0.25) is 4.68 Å². The Morgan fingerprint density at radius 2 is 2.30 bits per heavy atom. The Hall–Kier alpha value is -1.66. The van der Waals surface area contributed by atoms with Gasteiger partial charge in [0, 0.05) is 24.1 Å². The molecule has 0 radical (unpaired) electrons. The van der Waals surface area contributed by atoms with Crippen LogP contribution >= 0.6 is 15.9 Å². The van der Waals surface area contributed by atoms with Gasteiger partial charge in [-0.15, -0.1) is 0 Å². The number of carbonyl (C=O) groups is 1. The van der Waals surface area contributed by atoms with Crippen LogP contribution in [-0.2, 0) is 13.6 Å². The maximum Gasteiger partial charge on any atom is 0.339 e. The van der Waals surface area contributed by atoms with Crippen LogP contribution in [0.25, 0.3) is 0 Å². The maximum absolute atomic E-state index is 11.1. The molecule has 0 aliphatic carbocycles. The zero-order valence-corrected chi connectivity index (χ0v) is 12.9. The predicted molar refractivity (Wildman–Crippen MR) is 79.6 cm³/mol. The molecule has 6 heteroatoms. The minimum atomic E-state index is -0.954. The van der Waals surface area contributed by atoms with Crippen LogP contribution in [0.3, 0.4) is 0 Å². The molecule has 0 aliphatic rings. The van der Waals surface area contributed by atoms with E-state index in [-0.39, 0.29) is 11.6 Å². The third-order valence-electron chi connectivity index (χ3n) is 3.22. The van der Waals surface area contributed by atoms with Crippen molar-refractivity contribution in [1.29, 1.82) is 0 Å². The molecule has 1 atom stereocenters. The summed E-state index contributed by atoms with van der Waals surface area (Å²) in [5, 5.41) is 16.4. The van der Waals surface area contributed by atoms with Crippen molar-refractivity contribution >= 4 is 21.9 Å². The summed E-state index contributed by atoms with van der Waals surface area (Å²) in [4.78, 5) is 11.1. The van der Waals surface area contributed by atoms with E-state index in [0.29, 0.717) is 12.2 Å². The third-order valence-corrected chi connectivity index (χ3v) is 3.71. The van der Waals surface area contributed by atoms with E-state index in [4.69, 9.17) is 5.11 Å². The number of carboxylic acid groups (broad SMARTS) is 1. The van der Waals surface area contributed by atoms with Gasteiger partial charge in [0.2, 0.25) is 0 Å². The molecule has 2 N–H and O–H groups in total. The fourth-order valence-electron chi connectivity index (χ4n) is 1.99. The van der Waals surface area contributed by atoms with E-state index in [1.165, 1.54) is 6.20 Å². The third kappa shape index (κ3) is 3.26. The maximum atomic E-state index is 11.1. The number of hydrogen-bond acceptors (Lipinski definition) is 3. The van der Waals surface area contributed by atoms with Gasteiger partial charge in [0.05, 0.1) is 11.9 Å². The Morgan fingerprint density at radius 1 is 1.55 bits per heavy atom. The van der Waals surface area contributed by atoms with Gasteiger partial charge in [-0.1, -0.05) is 28.1 Å². The average molecular weight is 338 g/mol. The van der Waals surface area contributed by atoms with Crippen LogP contribution in [-0.4, -0.2) is 20.9 Å². The molecule has 0 bridgehead atoms. The van der Waals surface area contributed by atoms with E-state index in [1.54, 1.807) is 11.7 Å². The normalized spacial score (nSPS) is 12.3. The molecule has 2 rings (SSSR count). The standard InChI is InChI=1S/C14H16BrN3O2/c1-9(10-4-3-5-11(15)6-10)16-8-13-12(14(19)20)7-17-18(13)2/h3-7,9,16H,8H2,1-2H3,(H,19,20). The largest absolute Gasteiger partial charge is 0.478 e. The fourth-order valence-corrected chi connectivity index (χ4v) is 2.41. The second-order valence-electron chi connectivity index (χ2n) is 4.59. The predicted octanol–water partition coefficient (Wildman–Crippen LogP) is 2.73. The van der Waals surface area contributed by atoms with Crippen LogP contribution in [0.1, 0.15) is 34.6 Å². The quantitative estimate of drug-likeness (QED) is 0.880. The highest BCUT2D eigenvalue weighted by Gasteiger charge is 2.15. The van der Waals surface area contributed by atoms with Crippen LogP contribution < -0.4 is 5.32 Å². The first-order chi connectivity index (χ1) is 9.49. The summed E-state index contributed by atoms with van der Waals surface area (Å²) in [5.41, 5.74) is 2.04. The van der Waals surface area contributed by atoms with Crippen molar-refractivity contribution in [2.45, 2.75) is 19.5 Å². The Balaban J connectivity index is 2.09. The number of aryl methyl sites for hydroxylation is 1. The van der Waals surface area contributed by atoms with Crippen molar-refractivity contribution < 1.29 is 9.90 Å². The SMILES string of the molecule is CC(NCc1c(C(=O)O)cnn1C)c1cccc(Br)c1. The molecule has 1 aromatic carbocycles. The molecule has 5 nitrogen and oxygen atoms in total. The summed E-state index contributed by atoms with van der Waals surface area (Å²) in [6, 6.07) is 8.14. The number of halogens is 1. The number of aromatic carboxylic acids is 1. The molecule has 106 valence electrons. The molecular weight excluding hydrogens is 322 g/mol. The summed E-state index contributed by atoms with van der Waals surface area (Å²) in [7, 11) is 1.74. The fraction of sp³-hybridized carbons (Fsp3) is 0.286. The molecule has 20 heavy (non-hydrogen) atoms. The summed E-state index contributed by atoms with van der Waals surface area (Å²) in [5.74, 6) is -0.954. The second kappa shape index (κ2) is 6.19. The molecule has 0 aliphatic heterocycles. The highest BCUT2D eigenvalue weighted by molar-refractivity contribution is 9.10. The lowest BCUT2D eigenvalue weighted by Crippen LogP contribution is -2.21. The number of nitrogens with one attached hydrogen (secondary N) is 1. The monoisotopic (exact) mass is 337 g/mol. The van der Waals surface area contributed by atoms with Crippen molar-refractivity contribution in [3.05, 3.63) is 51.8 Å². The van der Waals surface area contributed by atoms with Crippen molar-refractivity contribution in [1.82, 2.24) is 15.1 Å². The first kappa shape index (κ1) is 14.7. The lowest BCUT2D eigenvalue weighted by Gasteiger charge is -2.15.